The van der Waals surface area contributed by atoms with E-state index in [1.165, 1.54) is 25.7 Å². The molecule has 3 atom stereocenters. The Bertz CT molecular complexity index is 295. The van der Waals surface area contributed by atoms with Crippen LogP contribution in [0, 0.1) is 11.8 Å². The van der Waals surface area contributed by atoms with Gasteiger partial charge in [0.15, 0.2) is 5.11 Å². The van der Waals surface area contributed by atoms with Gasteiger partial charge in [-0.25, -0.2) is 0 Å². The van der Waals surface area contributed by atoms with E-state index in [1.807, 2.05) is 6.92 Å². The zero-order valence-corrected chi connectivity index (χ0v) is 10.4. The summed E-state index contributed by atoms with van der Waals surface area (Å²) in [6, 6.07) is 0.511. The van der Waals surface area contributed by atoms with Crippen molar-refractivity contribution in [3.05, 3.63) is 0 Å². The number of hydrazine groups is 1. The highest BCUT2D eigenvalue weighted by Gasteiger charge is 2.39. The average Bonchev–Trinajstić information content (AvgIpc) is 2.87. The fourth-order valence-corrected chi connectivity index (χ4v) is 3.04. The van der Waals surface area contributed by atoms with E-state index in [0.717, 1.165) is 11.8 Å². The van der Waals surface area contributed by atoms with Gasteiger partial charge >= 0.3 is 0 Å². The van der Waals surface area contributed by atoms with Crippen LogP contribution in [0.2, 0.25) is 0 Å². The van der Waals surface area contributed by atoms with Crippen molar-refractivity contribution in [2.75, 3.05) is 0 Å². The third-order valence-corrected chi connectivity index (χ3v) is 3.91. The van der Waals surface area contributed by atoms with E-state index in [4.69, 9.17) is 12.2 Å². The van der Waals surface area contributed by atoms with Crippen LogP contribution in [0.5, 0.6) is 0 Å². The minimum absolute atomic E-state index is 0.0444. The van der Waals surface area contributed by atoms with Gasteiger partial charge < -0.3 is 5.32 Å². The summed E-state index contributed by atoms with van der Waals surface area (Å²) in [7, 11) is 0. The van der Waals surface area contributed by atoms with Crippen LogP contribution >= 0.6 is 12.2 Å². The van der Waals surface area contributed by atoms with Gasteiger partial charge in [-0.2, -0.15) is 0 Å². The molecule has 0 saturated heterocycles. The SMILES string of the molecule is CCC(=O)NNC(=S)NC1CC2CCC1C2. The quantitative estimate of drug-likeness (QED) is 0.500. The zero-order valence-electron chi connectivity index (χ0n) is 9.58. The fourth-order valence-electron chi connectivity index (χ4n) is 2.84. The van der Waals surface area contributed by atoms with Gasteiger partial charge in [0.1, 0.15) is 0 Å². The Morgan fingerprint density at radius 1 is 1.31 bits per heavy atom. The lowest BCUT2D eigenvalue weighted by molar-refractivity contribution is -0.121. The molecule has 2 aliphatic rings. The molecule has 90 valence electrons. The smallest absolute Gasteiger partial charge is 0.238 e. The Kier molecular flexibility index (Phi) is 3.63. The first-order valence-corrected chi connectivity index (χ1v) is 6.45. The lowest BCUT2D eigenvalue weighted by Crippen LogP contribution is -2.50. The molecule has 5 heteroatoms. The number of carbonyl (C=O) groups excluding carboxylic acids is 1. The van der Waals surface area contributed by atoms with Gasteiger partial charge in [-0.3, -0.25) is 15.6 Å². The highest BCUT2D eigenvalue weighted by molar-refractivity contribution is 7.80. The highest BCUT2D eigenvalue weighted by Crippen LogP contribution is 2.44. The standard InChI is InChI=1S/C11H19N3OS/c1-2-10(15)13-14-11(16)12-9-6-7-3-4-8(9)5-7/h7-9H,2-6H2,1H3,(H,13,15)(H2,12,14,16). The summed E-state index contributed by atoms with van der Waals surface area (Å²) in [5.74, 6) is 1.64. The van der Waals surface area contributed by atoms with E-state index in [1.54, 1.807) is 0 Å². The fraction of sp³-hybridized carbons (Fsp3) is 0.818. The molecule has 0 spiro atoms. The molecule has 3 unspecified atom stereocenters. The van der Waals surface area contributed by atoms with Crippen molar-refractivity contribution < 1.29 is 4.79 Å². The van der Waals surface area contributed by atoms with E-state index < -0.39 is 0 Å². The summed E-state index contributed by atoms with van der Waals surface area (Å²) < 4.78 is 0. The summed E-state index contributed by atoms with van der Waals surface area (Å²) >= 11 is 5.14. The normalized spacial score (nSPS) is 31.2. The largest absolute Gasteiger partial charge is 0.358 e. The number of rotatable bonds is 2. The van der Waals surface area contributed by atoms with Crippen molar-refractivity contribution in [1.82, 2.24) is 16.2 Å². The number of fused-ring (bicyclic) bond motifs is 2. The lowest BCUT2D eigenvalue weighted by atomic mass is 9.96. The molecule has 2 aliphatic carbocycles. The number of carbonyl (C=O) groups is 1. The Hall–Kier alpha value is -0.840. The lowest BCUT2D eigenvalue weighted by Gasteiger charge is -2.24. The first-order valence-electron chi connectivity index (χ1n) is 6.04. The molecule has 0 radical (unpaired) electrons. The Labute approximate surface area is 102 Å². The Morgan fingerprint density at radius 3 is 2.69 bits per heavy atom. The van der Waals surface area contributed by atoms with Crippen molar-refractivity contribution in [1.29, 1.82) is 0 Å². The third kappa shape index (κ3) is 2.64. The van der Waals surface area contributed by atoms with Crippen molar-refractivity contribution in [2.45, 2.75) is 45.1 Å². The molecule has 0 heterocycles. The van der Waals surface area contributed by atoms with Gasteiger partial charge in [-0.1, -0.05) is 13.3 Å². The van der Waals surface area contributed by atoms with Gasteiger partial charge in [-0.15, -0.1) is 0 Å². The van der Waals surface area contributed by atoms with Gasteiger partial charge in [0.2, 0.25) is 5.91 Å². The number of nitrogens with one attached hydrogen (secondary N) is 3. The maximum atomic E-state index is 11.0. The number of amides is 1. The minimum atomic E-state index is -0.0444. The van der Waals surface area contributed by atoms with Crippen LogP contribution < -0.4 is 16.2 Å². The molecule has 3 N–H and O–H groups in total. The molecule has 0 aromatic rings. The van der Waals surface area contributed by atoms with Crippen LogP contribution in [0.1, 0.15) is 39.0 Å². The van der Waals surface area contributed by atoms with E-state index in [9.17, 15) is 4.79 Å². The van der Waals surface area contributed by atoms with Crippen molar-refractivity contribution in [2.24, 2.45) is 11.8 Å². The Morgan fingerprint density at radius 2 is 2.12 bits per heavy atom. The maximum Gasteiger partial charge on any atom is 0.238 e. The van der Waals surface area contributed by atoms with E-state index in [-0.39, 0.29) is 5.91 Å². The topological polar surface area (TPSA) is 53.2 Å². The zero-order chi connectivity index (χ0) is 11.5. The van der Waals surface area contributed by atoms with Crippen molar-refractivity contribution >= 4 is 23.2 Å². The van der Waals surface area contributed by atoms with Gasteiger partial charge in [0.05, 0.1) is 0 Å². The third-order valence-electron chi connectivity index (χ3n) is 3.69. The average molecular weight is 241 g/mol. The second-order valence-corrected chi connectivity index (χ2v) is 5.19. The summed E-state index contributed by atoms with van der Waals surface area (Å²) in [5, 5.41) is 3.84. The molecule has 16 heavy (non-hydrogen) atoms. The van der Waals surface area contributed by atoms with E-state index >= 15 is 0 Å². The molecule has 2 bridgehead atoms. The second kappa shape index (κ2) is 4.99. The van der Waals surface area contributed by atoms with Crippen LogP contribution in [0.25, 0.3) is 0 Å². The summed E-state index contributed by atoms with van der Waals surface area (Å²) in [5.41, 5.74) is 5.30. The molecule has 0 aromatic carbocycles. The van der Waals surface area contributed by atoms with Crippen LogP contribution in [-0.2, 0) is 4.79 Å². The molecule has 2 rings (SSSR count). The van der Waals surface area contributed by atoms with Crippen molar-refractivity contribution in [3.63, 3.8) is 0 Å². The molecule has 0 aliphatic heterocycles. The van der Waals surface area contributed by atoms with Gasteiger partial charge in [0.25, 0.3) is 0 Å². The molecule has 1 amide bonds. The number of thiocarbonyl (C=S) groups is 1. The predicted molar refractivity (Wildman–Crippen MR) is 66.5 cm³/mol. The maximum absolute atomic E-state index is 11.0. The first kappa shape index (κ1) is 11.6. The highest BCUT2D eigenvalue weighted by atomic mass is 32.1. The summed E-state index contributed by atoms with van der Waals surface area (Å²) in [6.45, 7) is 1.81. The minimum Gasteiger partial charge on any atom is -0.358 e. The summed E-state index contributed by atoms with van der Waals surface area (Å²) in [4.78, 5) is 11.0. The molecule has 0 aromatic heterocycles. The summed E-state index contributed by atoms with van der Waals surface area (Å²) in [6.07, 6.45) is 5.75. The van der Waals surface area contributed by atoms with Gasteiger partial charge in [-0.05, 0) is 43.3 Å². The van der Waals surface area contributed by atoms with E-state index in [0.29, 0.717) is 17.6 Å². The van der Waals surface area contributed by atoms with Gasteiger partial charge in [0, 0.05) is 12.5 Å². The molecule has 2 saturated carbocycles. The molecular weight excluding hydrogens is 222 g/mol. The predicted octanol–water partition coefficient (Wildman–Crippen LogP) is 1.08. The van der Waals surface area contributed by atoms with Crippen molar-refractivity contribution in [3.8, 4) is 0 Å². The Balaban J connectivity index is 1.69. The molecule has 2 fully saturated rings. The van der Waals surface area contributed by atoms with Crippen LogP contribution in [0.15, 0.2) is 0 Å². The number of hydrogen-bond acceptors (Lipinski definition) is 2. The van der Waals surface area contributed by atoms with Crippen LogP contribution in [-0.4, -0.2) is 17.1 Å². The second-order valence-electron chi connectivity index (χ2n) is 4.78. The monoisotopic (exact) mass is 241 g/mol. The molecular formula is C11H19N3OS. The van der Waals surface area contributed by atoms with Crippen LogP contribution in [0.4, 0.5) is 0 Å². The van der Waals surface area contributed by atoms with E-state index in [2.05, 4.69) is 16.2 Å². The first-order chi connectivity index (χ1) is 7.69. The number of hydrogen-bond donors (Lipinski definition) is 3. The molecule has 4 nitrogen and oxygen atoms in total. The van der Waals surface area contributed by atoms with Crippen LogP contribution in [0.3, 0.4) is 0 Å².